The number of carbonyl (C=O) groups is 5. The number of carbonyl (C=O) groups excluding carboxylic acids is 5. The van der Waals surface area contributed by atoms with Gasteiger partial charge < -0.3 is 44.7 Å². The van der Waals surface area contributed by atoms with Crippen molar-refractivity contribution in [2.75, 3.05) is 30.5 Å². The third kappa shape index (κ3) is 14.7. The first-order chi connectivity index (χ1) is 39.5. The molecule has 0 radical (unpaired) electrons. The number of pyridine rings is 1. The summed E-state index contributed by atoms with van der Waals surface area (Å²) in [4.78, 5) is 82.9. The number of aromatic nitrogens is 3. The number of alkyl halides is 3. The van der Waals surface area contributed by atoms with Gasteiger partial charge >= 0.3 is 18.1 Å². The van der Waals surface area contributed by atoms with E-state index in [1.807, 2.05) is 114 Å². The molecule has 83 heavy (non-hydrogen) atoms. The first kappa shape index (κ1) is 61.2. The highest BCUT2D eigenvalue weighted by Gasteiger charge is 2.55. The van der Waals surface area contributed by atoms with Crippen molar-refractivity contribution in [3.05, 3.63) is 178 Å². The number of anilines is 1. The molecular weight excluding hydrogens is 1160 g/mol. The van der Waals surface area contributed by atoms with Crippen LogP contribution in [0.1, 0.15) is 62.6 Å². The topological polar surface area (TPSA) is 235 Å². The Bertz CT molecular complexity index is 3430. The molecule has 25 heteroatoms. The van der Waals surface area contributed by atoms with E-state index in [2.05, 4.69) is 15.8 Å². The van der Waals surface area contributed by atoms with Gasteiger partial charge in [0.25, 0.3) is 11.8 Å². The molecule has 1 unspecified atom stereocenters. The largest absolute Gasteiger partial charge is 0.542 e. The van der Waals surface area contributed by atoms with Gasteiger partial charge in [0.05, 0.1) is 11.8 Å². The number of carboxylic acids is 1. The fraction of sp³-hybridized carbons (Fsp3) is 0.293. The Hall–Kier alpha value is -7.84. The molecule has 3 aromatic heterocycles. The number of thiazole rings is 2. The highest BCUT2D eigenvalue weighted by molar-refractivity contribution is 8.02. The van der Waals surface area contributed by atoms with Crippen LogP contribution in [-0.2, 0) is 57.0 Å². The van der Waals surface area contributed by atoms with Crippen LogP contribution >= 0.6 is 46.2 Å². The zero-order valence-electron chi connectivity index (χ0n) is 45.5. The quantitative estimate of drug-likeness (QED) is 0.0126. The maximum absolute atomic E-state index is 14.8. The van der Waals surface area contributed by atoms with E-state index in [9.17, 15) is 37.5 Å². The number of fused-ring (bicyclic) bond motifs is 2. The Balaban J connectivity index is 0.00000121. The van der Waals surface area contributed by atoms with Crippen LogP contribution in [0.4, 0.5) is 18.3 Å². The monoisotopic (exact) mass is 1210 g/mol. The number of carboxylic acid groups (broad SMARTS) is 1. The van der Waals surface area contributed by atoms with Crippen LogP contribution < -0.4 is 25.0 Å². The van der Waals surface area contributed by atoms with Gasteiger partial charge in [0.1, 0.15) is 64.4 Å². The molecule has 1 saturated heterocycles. The Morgan fingerprint density at radius 1 is 0.880 bits per heavy atom. The van der Waals surface area contributed by atoms with E-state index in [-0.39, 0.29) is 30.3 Å². The van der Waals surface area contributed by atoms with Gasteiger partial charge in [-0.15, -0.1) is 34.4 Å². The number of oxime groups is 1. The minimum Gasteiger partial charge on any atom is -0.542 e. The van der Waals surface area contributed by atoms with Crippen molar-refractivity contribution in [3.63, 3.8) is 0 Å². The number of rotatable bonds is 20. The van der Waals surface area contributed by atoms with E-state index in [0.717, 1.165) is 36.8 Å². The summed E-state index contributed by atoms with van der Waals surface area (Å²) < 4.78 is 52.0. The molecule has 5 heterocycles. The lowest BCUT2D eigenvalue weighted by atomic mass is 9.77. The Labute approximate surface area is 491 Å². The van der Waals surface area contributed by atoms with Crippen LogP contribution in [0.15, 0.2) is 160 Å². The molecule has 2 aliphatic rings. The zero-order valence-corrected chi connectivity index (χ0v) is 48.8. The number of nitrogens with one attached hydrogen (secondary N) is 2. The number of β-lactam (4-membered cyclic amide) rings is 1. The lowest BCUT2D eigenvalue weighted by Crippen LogP contribution is -2.71. The first-order valence-electron chi connectivity index (χ1n) is 25.5. The van der Waals surface area contributed by atoms with E-state index in [1.54, 1.807) is 57.5 Å². The van der Waals surface area contributed by atoms with Crippen LogP contribution in [0.25, 0.3) is 10.2 Å². The summed E-state index contributed by atoms with van der Waals surface area (Å²) in [5, 5.41) is 30.6. The molecule has 0 spiro atoms. The van der Waals surface area contributed by atoms with Gasteiger partial charge in [0.2, 0.25) is 5.60 Å². The molecule has 0 aliphatic carbocycles. The molecule has 18 nitrogen and oxygen atoms in total. The van der Waals surface area contributed by atoms with Gasteiger partial charge in [-0.25, -0.2) is 24.1 Å². The highest BCUT2D eigenvalue weighted by atomic mass is 32.2. The average Bonchev–Trinajstić information content (AvgIpc) is 3.82. The summed E-state index contributed by atoms with van der Waals surface area (Å²) in [5.74, 6) is -4.44. The number of benzene rings is 4. The second kappa shape index (κ2) is 26.2. The zero-order chi connectivity index (χ0) is 59.7. The summed E-state index contributed by atoms with van der Waals surface area (Å²) >= 11 is 5.58. The minimum atomic E-state index is -5.19. The van der Waals surface area contributed by atoms with Gasteiger partial charge in [-0.05, 0) is 74.6 Å². The molecule has 2 atom stereocenters. The smallest absolute Gasteiger partial charge is 0.430 e. The molecule has 2 amide bonds. The fourth-order valence-corrected chi connectivity index (χ4v) is 12.7. The number of aliphatic carboxylic acids is 1. The van der Waals surface area contributed by atoms with Crippen LogP contribution in [0, 0.1) is 0 Å². The summed E-state index contributed by atoms with van der Waals surface area (Å²) in [6.45, 7) is 8.53. The van der Waals surface area contributed by atoms with Gasteiger partial charge in [0.15, 0.2) is 34.1 Å². The van der Waals surface area contributed by atoms with Crippen LogP contribution in [0.5, 0.6) is 5.75 Å². The number of nitrogens with zero attached hydrogens (tertiary/aromatic N) is 5. The normalized spacial score (nSPS) is 15.5. The predicted octanol–water partition coefficient (Wildman–Crippen LogP) is 7.77. The number of ether oxygens (including phenoxy) is 3. The number of hydrogen-bond donors (Lipinski definition) is 3. The number of thioether (sulfide) groups is 2. The Morgan fingerprint density at radius 2 is 1.48 bits per heavy atom. The molecular formula is C58H56F3N7O11S4. The SMILES string of the molecule is COc1ccc(COC(=O)C2=C(CSc3nc4c[n+](CCO)ccc4s3)CS[C@H]3C(NC(=O)/C(=N\OC(C)(C)C(=O)OC(C)(C)C)c4csc(NC(c5ccccc5)(c5ccccc5)c5ccccc5)n4)C(=O)N23)cc1.O=C([O-])C(F)(F)F. The summed E-state index contributed by atoms with van der Waals surface area (Å²) in [7, 11) is 1.57. The molecule has 3 N–H and O–H groups in total. The van der Waals surface area contributed by atoms with E-state index in [0.29, 0.717) is 34.5 Å². The van der Waals surface area contributed by atoms with Crippen molar-refractivity contribution < 1.29 is 71.0 Å². The summed E-state index contributed by atoms with van der Waals surface area (Å²) in [6.07, 6.45) is -1.43. The van der Waals surface area contributed by atoms with Crippen LogP contribution in [-0.4, -0.2) is 109 Å². The number of hydrogen-bond acceptors (Lipinski definition) is 19. The number of methoxy groups -OCH3 is 1. The second-order valence-corrected chi connectivity index (χ2v) is 24.2. The number of halogens is 3. The lowest BCUT2D eigenvalue weighted by Gasteiger charge is -2.49. The molecule has 0 saturated carbocycles. The van der Waals surface area contributed by atoms with Gasteiger partial charge in [-0.3, -0.25) is 14.5 Å². The average molecular weight is 1210 g/mol. The molecule has 1 fully saturated rings. The number of aliphatic hydroxyl groups excluding tert-OH is 1. The lowest BCUT2D eigenvalue weighted by molar-refractivity contribution is -0.696. The molecule has 2 aliphatic heterocycles. The molecule has 9 rings (SSSR count). The third-order valence-corrected chi connectivity index (χ3v) is 16.9. The van der Waals surface area contributed by atoms with E-state index < -0.39 is 64.1 Å². The van der Waals surface area contributed by atoms with Crippen molar-refractivity contribution in [1.82, 2.24) is 20.2 Å². The van der Waals surface area contributed by atoms with Gasteiger partial charge in [-0.2, -0.15) is 13.2 Å². The first-order valence-corrected chi connectivity index (χ1v) is 29.2. The van der Waals surface area contributed by atoms with Crippen molar-refractivity contribution in [3.8, 4) is 5.75 Å². The second-order valence-electron chi connectivity index (χ2n) is 20.0. The maximum atomic E-state index is 14.8. The van der Waals surface area contributed by atoms with Crippen LogP contribution in [0.3, 0.4) is 0 Å². The summed E-state index contributed by atoms with van der Waals surface area (Å²) in [5.41, 5.74) is 1.40. The van der Waals surface area contributed by atoms with Gasteiger partial charge in [-0.1, -0.05) is 120 Å². The molecule has 0 bridgehead atoms. The van der Waals surface area contributed by atoms with Crippen LogP contribution in [0.2, 0.25) is 0 Å². The summed E-state index contributed by atoms with van der Waals surface area (Å²) in [6, 6.07) is 37.9. The van der Waals surface area contributed by atoms with E-state index >= 15 is 0 Å². The number of esters is 2. The fourth-order valence-electron chi connectivity index (χ4n) is 8.48. The molecule has 7 aromatic rings. The Morgan fingerprint density at radius 3 is 2.04 bits per heavy atom. The highest BCUT2D eigenvalue weighted by Crippen LogP contribution is 2.44. The number of amides is 2. The van der Waals surface area contributed by atoms with Crippen molar-refractivity contribution in [1.29, 1.82) is 0 Å². The molecule has 434 valence electrons. The van der Waals surface area contributed by atoms with E-state index in [1.165, 1.54) is 64.9 Å². The standard InChI is InChI=1S/C56H55N7O9S4.C2HF3O2/c1-54(2,3)71-51(68)55(4,5)72-61-44(42-34-74-52(57-42)60-56(37-16-10-7-11-17-37,38-18-12-8-13-19-38)39-20-14-9-15-21-39)47(65)59-45-48(66)63-46(50(67)70-31-35-22-24-40(69-6)25-23-35)36(32-73-49(45)63)33-75-53-58-41-30-62(28-29-64)27-26-43(41)76-53;3-2(4,5)1(6)7/h7-27,30,34,45,49,64H,28-29,31-33H2,1-6H3,(H-,57,59,60,65);(H,6,7)/b61-44-;/t45?,49-;/m0./s1. The van der Waals surface area contributed by atoms with Crippen molar-refractivity contribution in [2.45, 2.75) is 86.4 Å². The van der Waals surface area contributed by atoms with Gasteiger partial charge in [0, 0.05) is 23.0 Å². The van der Waals surface area contributed by atoms with Crippen molar-refractivity contribution >= 4 is 97.0 Å². The minimum absolute atomic E-state index is 0.00517. The molecule has 4 aromatic carbocycles. The van der Waals surface area contributed by atoms with Crippen molar-refractivity contribution in [2.24, 2.45) is 5.16 Å². The number of aliphatic hydroxyl groups is 1. The van der Waals surface area contributed by atoms with E-state index in [4.69, 9.17) is 38.9 Å². The third-order valence-electron chi connectivity index (χ3n) is 12.5. The Kier molecular flexibility index (Phi) is 19.3. The maximum Gasteiger partial charge on any atom is 0.430 e. The predicted molar refractivity (Wildman–Crippen MR) is 306 cm³/mol.